The van der Waals surface area contributed by atoms with E-state index in [1.54, 1.807) is 0 Å². The second-order valence-corrected chi connectivity index (χ2v) is 22.1. The molecular formula is C57H60N4O. The normalized spacial score (nSPS) is 14.4. The molecule has 5 nitrogen and oxygen atoms in total. The molecule has 6 aromatic carbocycles. The van der Waals surface area contributed by atoms with E-state index in [1.165, 1.54) is 61.2 Å². The standard InChI is InChI=1S/C57H60N4O/c1-53(2,3)35-27-40-41-28-36(54(4,5)6)30-45(56(10,11)12)51(41)57(50(40)44(29-35)55(7,8)9)42-26-25-39(32-49(42)61-34-59(14)48-24-18-21-43(57)52(48)61)62-38-20-17-19-37(31-38)60-33-58(13)46-22-15-16-23-47(46)60/h15-32H,1-14H3. The molecular weight excluding hydrogens is 757 g/mol. The lowest BCUT2D eigenvalue weighted by atomic mass is 9.60. The van der Waals surface area contributed by atoms with Gasteiger partial charge in [0.15, 0.2) is 0 Å². The van der Waals surface area contributed by atoms with Crippen molar-refractivity contribution in [1.82, 2.24) is 9.13 Å². The number of aromatic nitrogens is 4. The molecule has 5 heteroatoms. The Morgan fingerprint density at radius 3 is 1.74 bits per heavy atom. The van der Waals surface area contributed by atoms with Gasteiger partial charge in [0.2, 0.25) is 12.7 Å². The molecule has 0 saturated carbocycles. The van der Waals surface area contributed by atoms with Gasteiger partial charge in [-0.2, -0.15) is 0 Å². The Balaban J connectivity index is 1.29. The van der Waals surface area contributed by atoms with E-state index in [0.717, 1.165) is 39.4 Å². The maximum absolute atomic E-state index is 6.90. The molecule has 10 rings (SSSR count). The lowest BCUT2D eigenvalue weighted by Crippen LogP contribution is -2.38. The minimum atomic E-state index is -0.633. The van der Waals surface area contributed by atoms with Gasteiger partial charge in [-0.25, -0.2) is 0 Å². The van der Waals surface area contributed by atoms with E-state index in [4.69, 9.17) is 4.74 Å². The number of nitrogens with zero attached hydrogens (tertiary/aromatic N) is 4. The van der Waals surface area contributed by atoms with E-state index in [9.17, 15) is 0 Å². The van der Waals surface area contributed by atoms with Crippen molar-refractivity contribution in [3.8, 4) is 34.0 Å². The van der Waals surface area contributed by atoms with Crippen LogP contribution in [-0.4, -0.2) is 9.13 Å². The summed E-state index contributed by atoms with van der Waals surface area (Å²) in [5, 5.41) is 0. The largest absolute Gasteiger partial charge is 0.459 e. The quantitative estimate of drug-likeness (QED) is 0.129. The van der Waals surface area contributed by atoms with Gasteiger partial charge in [0.25, 0.3) is 0 Å². The Labute approximate surface area is 368 Å². The molecule has 2 aliphatic rings. The van der Waals surface area contributed by atoms with E-state index < -0.39 is 5.41 Å². The van der Waals surface area contributed by atoms with Crippen molar-refractivity contribution in [3.63, 3.8) is 0 Å². The van der Waals surface area contributed by atoms with Gasteiger partial charge < -0.3 is 23.0 Å². The fourth-order valence-electron chi connectivity index (χ4n) is 10.4. The van der Waals surface area contributed by atoms with Crippen LogP contribution in [0.5, 0.6) is 11.5 Å². The number of ether oxygens (including phenoxy) is 1. The van der Waals surface area contributed by atoms with Crippen molar-refractivity contribution in [2.45, 2.75) is 110 Å². The molecule has 62 heavy (non-hydrogen) atoms. The van der Waals surface area contributed by atoms with Gasteiger partial charge >= 0.3 is 0 Å². The van der Waals surface area contributed by atoms with Crippen molar-refractivity contribution in [3.05, 3.63) is 166 Å². The Hall–Kier alpha value is -5.94. The number of hydrogen-bond acceptors (Lipinski definition) is 1. The zero-order valence-corrected chi connectivity index (χ0v) is 39.1. The Morgan fingerprint density at radius 1 is 0.548 bits per heavy atom. The summed E-state index contributed by atoms with van der Waals surface area (Å²) in [6.07, 6.45) is 7.25. The number of fused-ring (bicyclic) bond motifs is 10. The molecule has 3 heterocycles. The second kappa shape index (κ2) is 13.0. The van der Waals surface area contributed by atoms with E-state index >= 15 is 0 Å². The van der Waals surface area contributed by atoms with Crippen LogP contribution in [0.1, 0.15) is 128 Å². The maximum atomic E-state index is 6.90. The van der Waals surface area contributed by atoms with Gasteiger partial charge in [0.05, 0.1) is 53.0 Å². The molecule has 1 spiro atoms. The van der Waals surface area contributed by atoms with Gasteiger partial charge in [-0.05, 0) is 102 Å². The third-order valence-electron chi connectivity index (χ3n) is 13.6. The van der Waals surface area contributed by atoms with E-state index in [2.05, 4.69) is 220 Å². The summed E-state index contributed by atoms with van der Waals surface area (Å²) in [5.74, 6) is 1.54. The predicted octanol–water partition coefficient (Wildman–Crippen LogP) is 12.5. The molecule has 1 aliphatic heterocycles. The summed E-state index contributed by atoms with van der Waals surface area (Å²) in [7, 11) is 4.16. The zero-order valence-electron chi connectivity index (χ0n) is 39.1. The van der Waals surface area contributed by atoms with Crippen molar-refractivity contribution < 1.29 is 13.9 Å². The molecule has 0 N–H and O–H groups in total. The summed E-state index contributed by atoms with van der Waals surface area (Å²) in [4.78, 5) is 0. The molecule has 0 fully saturated rings. The molecule has 0 unspecified atom stereocenters. The van der Waals surface area contributed by atoms with Crippen LogP contribution in [0.3, 0.4) is 0 Å². The number of imidazole rings is 2. The first-order valence-corrected chi connectivity index (χ1v) is 22.2. The summed E-state index contributed by atoms with van der Waals surface area (Å²) in [6.45, 7) is 28.5. The van der Waals surface area contributed by atoms with Crippen molar-refractivity contribution in [2.24, 2.45) is 14.1 Å². The zero-order chi connectivity index (χ0) is 44.1. The Kier molecular flexibility index (Phi) is 8.45. The highest BCUT2D eigenvalue weighted by atomic mass is 16.5. The minimum Gasteiger partial charge on any atom is -0.459 e. The summed E-state index contributed by atoms with van der Waals surface area (Å²) in [6, 6.07) is 40.6. The van der Waals surface area contributed by atoms with E-state index in [1.807, 2.05) is 17.7 Å². The molecule has 8 aromatic rings. The first kappa shape index (κ1) is 40.2. The molecule has 0 atom stereocenters. The van der Waals surface area contributed by atoms with Gasteiger partial charge in [-0.15, -0.1) is 0 Å². The fourth-order valence-corrected chi connectivity index (χ4v) is 10.4. The first-order chi connectivity index (χ1) is 29.1. The van der Waals surface area contributed by atoms with E-state index in [0.29, 0.717) is 0 Å². The van der Waals surface area contributed by atoms with Crippen LogP contribution in [0.25, 0.3) is 44.6 Å². The molecule has 0 radical (unpaired) electrons. The highest BCUT2D eigenvalue weighted by Gasteiger charge is 2.54. The Bertz CT molecular complexity index is 3080. The van der Waals surface area contributed by atoms with Crippen LogP contribution in [-0.2, 0) is 41.2 Å². The third kappa shape index (κ3) is 5.80. The van der Waals surface area contributed by atoms with Gasteiger partial charge in [0, 0.05) is 0 Å². The number of hydrogen-bond donors (Lipinski definition) is 0. The summed E-state index contributed by atoms with van der Waals surface area (Å²) in [5.41, 5.74) is 19.1. The van der Waals surface area contributed by atoms with Crippen LogP contribution >= 0.6 is 0 Å². The lowest BCUT2D eigenvalue weighted by Gasteiger charge is -2.45. The highest BCUT2D eigenvalue weighted by Crippen LogP contribution is 2.64. The molecule has 0 bridgehead atoms. The highest BCUT2D eigenvalue weighted by molar-refractivity contribution is 5.97. The SMILES string of the molecule is Cn1[c-][n+](-c2cccc(Oc3ccc4c(c3)-n3[c-][n+](C)c5cccc(c53)C43c4c(cc(C(C)(C)C)cc4C(C)(C)C)-c4cc(C(C)(C)C)cc(C(C)(C)C)c43)c2)c2ccccc21. The maximum Gasteiger partial charge on any atom is 0.244 e. The number of aryl methyl sites for hydroxylation is 2. The van der Waals surface area contributed by atoms with Gasteiger partial charge in [0.1, 0.15) is 11.5 Å². The summed E-state index contributed by atoms with van der Waals surface area (Å²) >= 11 is 0. The van der Waals surface area contributed by atoms with Crippen LogP contribution in [0, 0.1) is 12.7 Å². The minimum absolute atomic E-state index is 0.0466. The topological polar surface area (TPSA) is 26.8 Å². The molecule has 2 aromatic heterocycles. The molecule has 0 amide bonds. The van der Waals surface area contributed by atoms with Crippen LogP contribution < -0.4 is 13.9 Å². The van der Waals surface area contributed by atoms with Crippen molar-refractivity contribution in [2.75, 3.05) is 0 Å². The number of para-hydroxylation sites is 3. The molecule has 1 aliphatic carbocycles. The number of benzene rings is 6. The fraction of sp³-hybridized carbons (Fsp3) is 0.333. The smallest absolute Gasteiger partial charge is 0.244 e. The first-order valence-electron chi connectivity index (χ1n) is 22.2. The summed E-state index contributed by atoms with van der Waals surface area (Å²) < 4.78 is 15.5. The number of rotatable bonds is 3. The average molecular weight is 817 g/mol. The van der Waals surface area contributed by atoms with Gasteiger partial charge in [-0.3, -0.25) is 0 Å². The van der Waals surface area contributed by atoms with Gasteiger partial charge in [-0.1, -0.05) is 168 Å². The van der Waals surface area contributed by atoms with Crippen LogP contribution in [0.2, 0.25) is 0 Å². The molecule has 314 valence electrons. The van der Waals surface area contributed by atoms with Crippen LogP contribution in [0.4, 0.5) is 0 Å². The monoisotopic (exact) mass is 816 g/mol. The molecule has 0 saturated heterocycles. The average Bonchev–Trinajstić information content (AvgIpc) is 3.83. The predicted molar refractivity (Wildman–Crippen MR) is 252 cm³/mol. The lowest BCUT2D eigenvalue weighted by molar-refractivity contribution is -0.649. The second-order valence-electron chi connectivity index (χ2n) is 22.1. The van der Waals surface area contributed by atoms with Crippen molar-refractivity contribution in [1.29, 1.82) is 0 Å². The Morgan fingerprint density at radius 2 is 1.13 bits per heavy atom. The third-order valence-corrected chi connectivity index (χ3v) is 13.6. The van der Waals surface area contributed by atoms with Crippen molar-refractivity contribution >= 4 is 22.1 Å². The van der Waals surface area contributed by atoms with E-state index in [-0.39, 0.29) is 21.7 Å². The van der Waals surface area contributed by atoms with Crippen LogP contribution in [0.15, 0.2) is 109 Å².